The Morgan fingerprint density at radius 2 is 1.83 bits per heavy atom. The molecule has 0 aliphatic heterocycles. The smallest absolute Gasteiger partial charge is 0.265 e. The van der Waals surface area contributed by atoms with Crippen LogP contribution in [0.3, 0.4) is 0 Å². The number of hydrogen-bond donors (Lipinski definition) is 2. The van der Waals surface area contributed by atoms with Gasteiger partial charge in [0.2, 0.25) is 0 Å². The number of benzene rings is 1. The van der Waals surface area contributed by atoms with E-state index in [1.807, 2.05) is 0 Å². The van der Waals surface area contributed by atoms with E-state index in [9.17, 15) is 8.42 Å². The molecule has 0 saturated heterocycles. The number of nitrogens with two attached hydrogens (primary N) is 1. The molecule has 5 nitrogen and oxygen atoms in total. The molecular weight excluding hydrogens is 274 g/mol. The molecule has 0 radical (unpaired) electrons. The molecule has 1 aromatic heterocycles. The van der Waals surface area contributed by atoms with Crippen LogP contribution in [0.4, 0.5) is 11.5 Å². The molecule has 0 fully saturated rings. The van der Waals surface area contributed by atoms with Crippen LogP contribution in [0.25, 0.3) is 0 Å². The number of hydrogen-bond acceptors (Lipinski definition) is 4. The average Bonchev–Trinajstić information content (AvgIpc) is 2.28. The second kappa shape index (κ2) is 4.83. The van der Waals surface area contributed by atoms with Gasteiger partial charge in [0.25, 0.3) is 10.0 Å². The minimum atomic E-state index is -3.76. The van der Waals surface area contributed by atoms with Crippen molar-refractivity contribution >= 4 is 33.1 Å². The van der Waals surface area contributed by atoms with E-state index in [2.05, 4.69) is 9.71 Å². The second-order valence-electron chi connectivity index (χ2n) is 3.49. The lowest BCUT2D eigenvalue weighted by Crippen LogP contribution is -2.15. The number of anilines is 2. The van der Waals surface area contributed by atoms with E-state index >= 15 is 0 Å². The molecule has 0 bridgehead atoms. The molecule has 0 atom stereocenters. The van der Waals surface area contributed by atoms with Crippen molar-refractivity contribution in [1.82, 2.24) is 4.98 Å². The van der Waals surface area contributed by atoms with Crippen molar-refractivity contribution in [2.24, 2.45) is 0 Å². The molecule has 0 amide bonds. The first-order valence-electron chi connectivity index (χ1n) is 4.99. The van der Waals surface area contributed by atoms with Gasteiger partial charge in [-0.2, -0.15) is 0 Å². The van der Waals surface area contributed by atoms with E-state index in [0.29, 0.717) is 0 Å². The van der Waals surface area contributed by atoms with Gasteiger partial charge in [-0.1, -0.05) is 29.8 Å². The number of para-hydroxylation sites is 1. The van der Waals surface area contributed by atoms with Crippen LogP contribution in [0.1, 0.15) is 0 Å². The third-order valence-corrected chi connectivity index (χ3v) is 3.80. The third-order valence-electron chi connectivity index (χ3n) is 2.16. The van der Waals surface area contributed by atoms with Crippen LogP contribution >= 0.6 is 11.6 Å². The van der Waals surface area contributed by atoms with Crippen molar-refractivity contribution in [2.45, 2.75) is 4.90 Å². The predicted octanol–water partition coefficient (Wildman–Crippen LogP) is 2.12. The Bertz CT molecular complexity index is 673. The zero-order valence-corrected chi connectivity index (χ0v) is 10.7. The number of halogens is 1. The van der Waals surface area contributed by atoms with E-state index in [0.717, 1.165) is 0 Å². The third kappa shape index (κ3) is 2.72. The Balaban J connectivity index is 2.37. The van der Waals surface area contributed by atoms with Gasteiger partial charge in [0.05, 0.1) is 5.69 Å². The van der Waals surface area contributed by atoms with Crippen LogP contribution < -0.4 is 10.5 Å². The van der Waals surface area contributed by atoms with Crippen molar-refractivity contribution in [3.05, 3.63) is 47.6 Å². The number of nitrogens with one attached hydrogen (secondary N) is 1. The van der Waals surface area contributed by atoms with E-state index in [4.69, 9.17) is 17.3 Å². The van der Waals surface area contributed by atoms with Gasteiger partial charge in [-0.05, 0) is 24.3 Å². The van der Waals surface area contributed by atoms with Crippen LogP contribution in [-0.2, 0) is 10.0 Å². The number of pyridine rings is 1. The minimum Gasteiger partial charge on any atom is -0.398 e. The quantitative estimate of drug-likeness (QED) is 0.667. The number of nitrogens with zero attached hydrogens (tertiary/aromatic N) is 1. The van der Waals surface area contributed by atoms with Crippen LogP contribution in [0.5, 0.6) is 0 Å². The average molecular weight is 284 g/mol. The molecule has 18 heavy (non-hydrogen) atoms. The normalized spacial score (nSPS) is 11.2. The van der Waals surface area contributed by atoms with E-state index < -0.39 is 10.0 Å². The van der Waals surface area contributed by atoms with Crippen molar-refractivity contribution in [1.29, 1.82) is 0 Å². The summed E-state index contributed by atoms with van der Waals surface area (Å²) in [5.74, 6) is 0.144. The number of rotatable bonds is 3. The minimum absolute atomic E-state index is 0.00627. The second-order valence-corrected chi connectivity index (χ2v) is 5.53. The summed E-state index contributed by atoms with van der Waals surface area (Å²) in [5.41, 5.74) is 5.80. The van der Waals surface area contributed by atoms with Crippen LogP contribution in [0.2, 0.25) is 5.15 Å². The lowest BCUT2D eigenvalue weighted by Gasteiger charge is -2.09. The highest BCUT2D eigenvalue weighted by Crippen LogP contribution is 2.20. The fourth-order valence-electron chi connectivity index (χ4n) is 1.38. The molecular formula is C11H10ClN3O2S. The fourth-order valence-corrected chi connectivity index (χ4v) is 2.68. The lowest BCUT2D eigenvalue weighted by atomic mass is 10.3. The maximum atomic E-state index is 12.1. The summed E-state index contributed by atoms with van der Waals surface area (Å²) in [6.45, 7) is 0. The summed E-state index contributed by atoms with van der Waals surface area (Å²) < 4.78 is 26.4. The first-order chi connectivity index (χ1) is 8.49. The molecule has 0 saturated carbocycles. The summed E-state index contributed by atoms with van der Waals surface area (Å²) in [6.07, 6.45) is 0. The van der Waals surface area contributed by atoms with Gasteiger partial charge < -0.3 is 5.73 Å². The van der Waals surface area contributed by atoms with Crippen LogP contribution in [0.15, 0.2) is 47.4 Å². The molecule has 0 spiro atoms. The molecule has 3 N–H and O–H groups in total. The lowest BCUT2D eigenvalue weighted by molar-refractivity contribution is 0.601. The van der Waals surface area contributed by atoms with Crippen molar-refractivity contribution in [2.75, 3.05) is 10.5 Å². The van der Waals surface area contributed by atoms with Gasteiger partial charge in [-0.3, -0.25) is 4.72 Å². The molecule has 2 aromatic rings. The maximum absolute atomic E-state index is 12.1. The standard InChI is InChI=1S/C11H10ClN3O2S/c12-10-6-3-7-11(14-10)15-18(16,17)9-5-2-1-4-8(9)13/h1-7H,13H2,(H,14,15). The summed E-state index contributed by atoms with van der Waals surface area (Å²) in [4.78, 5) is 3.85. The van der Waals surface area contributed by atoms with Gasteiger partial charge in [-0.25, -0.2) is 13.4 Å². The highest BCUT2D eigenvalue weighted by Gasteiger charge is 2.17. The van der Waals surface area contributed by atoms with Gasteiger partial charge in [0.1, 0.15) is 15.9 Å². The zero-order chi connectivity index (χ0) is 13.2. The summed E-state index contributed by atoms with van der Waals surface area (Å²) in [6, 6.07) is 10.8. The maximum Gasteiger partial charge on any atom is 0.265 e. The summed E-state index contributed by atoms with van der Waals surface area (Å²) in [7, 11) is -3.76. The first-order valence-corrected chi connectivity index (χ1v) is 6.85. The molecule has 0 unspecified atom stereocenters. The SMILES string of the molecule is Nc1ccccc1S(=O)(=O)Nc1cccc(Cl)n1. The van der Waals surface area contributed by atoms with Crippen molar-refractivity contribution in [3.63, 3.8) is 0 Å². The molecule has 94 valence electrons. The number of nitrogen functional groups attached to an aromatic ring is 1. The highest BCUT2D eigenvalue weighted by molar-refractivity contribution is 7.92. The molecule has 2 rings (SSSR count). The largest absolute Gasteiger partial charge is 0.398 e. The zero-order valence-electron chi connectivity index (χ0n) is 9.17. The monoisotopic (exact) mass is 283 g/mol. The van der Waals surface area contributed by atoms with Gasteiger partial charge in [0, 0.05) is 0 Å². The summed E-state index contributed by atoms with van der Waals surface area (Å²) >= 11 is 5.68. The van der Waals surface area contributed by atoms with Gasteiger partial charge in [0.15, 0.2) is 0 Å². The van der Waals surface area contributed by atoms with Gasteiger partial charge in [-0.15, -0.1) is 0 Å². The molecule has 1 heterocycles. The Kier molecular flexibility index (Phi) is 3.40. The molecule has 7 heteroatoms. The van der Waals surface area contributed by atoms with E-state index in [1.165, 1.54) is 18.2 Å². The van der Waals surface area contributed by atoms with Crippen LogP contribution in [-0.4, -0.2) is 13.4 Å². The molecule has 0 aliphatic rings. The Labute approximate surface area is 110 Å². The van der Waals surface area contributed by atoms with Crippen molar-refractivity contribution < 1.29 is 8.42 Å². The molecule has 0 aliphatic carbocycles. The Morgan fingerprint density at radius 3 is 2.50 bits per heavy atom. The first kappa shape index (κ1) is 12.7. The number of sulfonamides is 1. The highest BCUT2D eigenvalue weighted by atomic mass is 35.5. The van der Waals surface area contributed by atoms with Gasteiger partial charge >= 0.3 is 0 Å². The summed E-state index contributed by atoms with van der Waals surface area (Å²) in [5, 5.41) is 0.205. The Morgan fingerprint density at radius 1 is 1.11 bits per heavy atom. The predicted molar refractivity (Wildman–Crippen MR) is 70.9 cm³/mol. The van der Waals surface area contributed by atoms with Crippen LogP contribution in [0, 0.1) is 0 Å². The topological polar surface area (TPSA) is 85.1 Å². The van der Waals surface area contributed by atoms with E-state index in [1.54, 1.807) is 24.3 Å². The number of aromatic nitrogens is 1. The van der Waals surface area contributed by atoms with E-state index in [-0.39, 0.29) is 21.6 Å². The van der Waals surface area contributed by atoms with Crippen molar-refractivity contribution in [3.8, 4) is 0 Å². The fraction of sp³-hybridized carbons (Fsp3) is 0. The Hall–Kier alpha value is -1.79. The molecule has 1 aromatic carbocycles.